The Hall–Kier alpha value is -0.970. The van der Waals surface area contributed by atoms with E-state index in [1.54, 1.807) is 13.8 Å². The van der Waals surface area contributed by atoms with Crippen molar-refractivity contribution < 1.29 is 19.1 Å². The number of halogens is 3. The predicted octanol–water partition coefficient (Wildman–Crippen LogP) is 7.65. The molecule has 0 amide bonds. The molecule has 1 rings (SSSR count). The van der Waals surface area contributed by atoms with Crippen molar-refractivity contribution in [2.45, 2.75) is 78.6 Å². The molecule has 0 fully saturated rings. The highest BCUT2D eigenvalue weighted by atomic mass is 35.5. The van der Waals surface area contributed by atoms with E-state index in [4.69, 9.17) is 44.3 Å². The van der Waals surface area contributed by atoms with E-state index in [1.165, 1.54) is 37.8 Å². The second-order valence-electron chi connectivity index (χ2n) is 7.13. The van der Waals surface area contributed by atoms with Crippen molar-refractivity contribution in [1.82, 2.24) is 0 Å². The number of ether oxygens (including phenoxy) is 2. The maximum atomic E-state index is 12.9. The monoisotopic (exact) mass is 464 g/mol. The number of carbonyl (C=O) groups is 2. The molecular weight excluding hydrogens is 435 g/mol. The number of esters is 2. The van der Waals surface area contributed by atoms with Crippen LogP contribution in [0.15, 0.2) is 12.1 Å². The van der Waals surface area contributed by atoms with Crippen LogP contribution in [0.3, 0.4) is 0 Å². The fourth-order valence-corrected chi connectivity index (χ4v) is 3.98. The highest BCUT2D eigenvalue weighted by Crippen LogP contribution is 2.38. The van der Waals surface area contributed by atoms with Crippen molar-refractivity contribution in [2.75, 3.05) is 6.61 Å². The standard InChI is InChI=1S/C22H31Cl3O4/c1-4-7-8-9-10-11-12-13-28-20(26)22(5-2,6-3)21(27)29-19-17(24)14-16(23)15-18(19)25/h14-15H,4-13H2,1-3H3. The number of hydrogen-bond donors (Lipinski definition) is 0. The second kappa shape index (κ2) is 13.4. The molecule has 7 heteroatoms. The summed E-state index contributed by atoms with van der Waals surface area (Å²) in [6, 6.07) is 2.85. The van der Waals surface area contributed by atoms with E-state index in [0.717, 1.165) is 19.3 Å². The molecule has 0 aromatic heterocycles. The number of carbonyl (C=O) groups excluding carboxylic acids is 2. The average molecular weight is 466 g/mol. The van der Waals surface area contributed by atoms with Crippen molar-refractivity contribution in [3.8, 4) is 5.75 Å². The molecule has 164 valence electrons. The van der Waals surface area contributed by atoms with Gasteiger partial charge >= 0.3 is 11.9 Å². The van der Waals surface area contributed by atoms with Crippen LogP contribution < -0.4 is 4.74 Å². The molecule has 0 heterocycles. The van der Waals surface area contributed by atoms with E-state index in [2.05, 4.69) is 6.92 Å². The first-order valence-electron chi connectivity index (χ1n) is 10.4. The molecule has 4 nitrogen and oxygen atoms in total. The van der Waals surface area contributed by atoms with E-state index in [-0.39, 0.29) is 28.6 Å². The van der Waals surface area contributed by atoms with Crippen LogP contribution in [0.5, 0.6) is 5.75 Å². The lowest BCUT2D eigenvalue weighted by atomic mass is 9.82. The van der Waals surface area contributed by atoms with E-state index < -0.39 is 17.4 Å². The first-order chi connectivity index (χ1) is 13.8. The number of benzene rings is 1. The summed E-state index contributed by atoms with van der Waals surface area (Å²) in [6.45, 7) is 5.99. The summed E-state index contributed by atoms with van der Waals surface area (Å²) in [6.07, 6.45) is 8.33. The van der Waals surface area contributed by atoms with E-state index >= 15 is 0 Å². The minimum atomic E-state index is -1.40. The summed E-state index contributed by atoms with van der Waals surface area (Å²) in [7, 11) is 0. The fourth-order valence-electron chi connectivity index (χ4n) is 3.09. The SMILES string of the molecule is CCCCCCCCCOC(=O)C(CC)(CC)C(=O)Oc1c(Cl)cc(Cl)cc1Cl. The zero-order valence-electron chi connectivity index (χ0n) is 17.5. The molecule has 0 saturated heterocycles. The quantitative estimate of drug-likeness (QED) is 0.130. The van der Waals surface area contributed by atoms with Gasteiger partial charge in [-0.05, 0) is 31.4 Å². The van der Waals surface area contributed by atoms with Crippen LogP contribution in [-0.2, 0) is 14.3 Å². The predicted molar refractivity (Wildman–Crippen MR) is 119 cm³/mol. The van der Waals surface area contributed by atoms with Gasteiger partial charge in [-0.3, -0.25) is 9.59 Å². The van der Waals surface area contributed by atoms with Gasteiger partial charge in [-0.2, -0.15) is 0 Å². The Morgan fingerprint density at radius 1 is 0.828 bits per heavy atom. The molecule has 0 atom stereocenters. The zero-order valence-corrected chi connectivity index (χ0v) is 19.8. The molecule has 0 bridgehead atoms. The van der Waals surface area contributed by atoms with Crippen LogP contribution in [0.2, 0.25) is 15.1 Å². The maximum absolute atomic E-state index is 12.9. The van der Waals surface area contributed by atoms with Crippen LogP contribution >= 0.6 is 34.8 Å². The van der Waals surface area contributed by atoms with Crippen molar-refractivity contribution in [3.05, 3.63) is 27.2 Å². The molecule has 29 heavy (non-hydrogen) atoms. The lowest BCUT2D eigenvalue weighted by molar-refractivity contribution is -0.168. The van der Waals surface area contributed by atoms with Crippen LogP contribution in [-0.4, -0.2) is 18.5 Å². The Morgan fingerprint density at radius 3 is 1.86 bits per heavy atom. The molecule has 0 spiro atoms. The third kappa shape index (κ3) is 7.66. The molecule has 0 aliphatic heterocycles. The molecule has 1 aromatic carbocycles. The number of rotatable bonds is 13. The molecule has 0 radical (unpaired) electrons. The van der Waals surface area contributed by atoms with Crippen molar-refractivity contribution >= 4 is 46.7 Å². The van der Waals surface area contributed by atoms with Gasteiger partial charge in [0.25, 0.3) is 0 Å². The summed E-state index contributed by atoms with van der Waals surface area (Å²) >= 11 is 18.1. The third-order valence-corrected chi connectivity index (χ3v) is 5.91. The average Bonchev–Trinajstić information content (AvgIpc) is 2.68. The zero-order chi connectivity index (χ0) is 21.9. The summed E-state index contributed by atoms with van der Waals surface area (Å²) in [4.78, 5) is 25.6. The van der Waals surface area contributed by atoms with Crippen LogP contribution in [0, 0.1) is 5.41 Å². The van der Waals surface area contributed by atoms with Crippen molar-refractivity contribution in [1.29, 1.82) is 0 Å². The van der Waals surface area contributed by atoms with Crippen LogP contribution in [0.4, 0.5) is 0 Å². The summed E-state index contributed by atoms with van der Waals surface area (Å²) in [5.74, 6) is -1.30. The highest BCUT2D eigenvalue weighted by Gasteiger charge is 2.46. The second-order valence-corrected chi connectivity index (χ2v) is 8.39. The van der Waals surface area contributed by atoms with Gasteiger partial charge < -0.3 is 9.47 Å². The lowest BCUT2D eigenvalue weighted by Gasteiger charge is -2.27. The van der Waals surface area contributed by atoms with E-state index in [0.29, 0.717) is 11.6 Å². The largest absolute Gasteiger partial charge is 0.465 e. The normalized spacial score (nSPS) is 11.4. The molecule has 0 unspecified atom stereocenters. The molecule has 0 saturated carbocycles. The Balaban J connectivity index is 2.68. The van der Waals surface area contributed by atoms with Gasteiger partial charge in [0.2, 0.25) is 0 Å². The van der Waals surface area contributed by atoms with Gasteiger partial charge in [-0.25, -0.2) is 0 Å². The Bertz CT molecular complexity index is 649. The number of unbranched alkanes of at least 4 members (excludes halogenated alkanes) is 6. The van der Waals surface area contributed by atoms with Crippen molar-refractivity contribution in [3.63, 3.8) is 0 Å². The smallest absolute Gasteiger partial charge is 0.328 e. The number of hydrogen-bond acceptors (Lipinski definition) is 4. The van der Waals surface area contributed by atoms with Gasteiger partial charge in [0.1, 0.15) is 0 Å². The van der Waals surface area contributed by atoms with Gasteiger partial charge in [-0.1, -0.05) is 94.1 Å². The Kier molecular flexibility index (Phi) is 12.0. The molecule has 0 aliphatic rings. The van der Waals surface area contributed by atoms with Gasteiger partial charge in [0, 0.05) is 5.02 Å². The lowest BCUT2D eigenvalue weighted by Crippen LogP contribution is -2.42. The summed E-state index contributed by atoms with van der Waals surface area (Å²) in [5.41, 5.74) is -1.40. The van der Waals surface area contributed by atoms with Gasteiger partial charge in [0.05, 0.1) is 16.7 Å². The first-order valence-corrected chi connectivity index (χ1v) is 11.5. The molecule has 0 N–H and O–H groups in total. The minimum absolute atomic E-state index is 0.00566. The highest BCUT2D eigenvalue weighted by molar-refractivity contribution is 6.40. The van der Waals surface area contributed by atoms with Crippen LogP contribution in [0.25, 0.3) is 0 Å². The fraction of sp³-hybridized carbons (Fsp3) is 0.636. The minimum Gasteiger partial charge on any atom is -0.465 e. The Labute approximate surface area is 189 Å². The topological polar surface area (TPSA) is 52.6 Å². The maximum Gasteiger partial charge on any atom is 0.328 e. The summed E-state index contributed by atoms with van der Waals surface area (Å²) in [5, 5.41) is 0.535. The molecule has 0 aliphatic carbocycles. The first kappa shape index (κ1) is 26.1. The summed E-state index contributed by atoms with van der Waals surface area (Å²) < 4.78 is 10.8. The van der Waals surface area contributed by atoms with Gasteiger partial charge in [-0.15, -0.1) is 0 Å². The van der Waals surface area contributed by atoms with E-state index in [1.807, 2.05) is 0 Å². The molecule has 1 aromatic rings. The Morgan fingerprint density at radius 2 is 1.34 bits per heavy atom. The third-order valence-electron chi connectivity index (χ3n) is 5.13. The van der Waals surface area contributed by atoms with E-state index in [9.17, 15) is 9.59 Å². The van der Waals surface area contributed by atoms with Gasteiger partial charge in [0.15, 0.2) is 11.2 Å². The van der Waals surface area contributed by atoms with Crippen molar-refractivity contribution in [2.24, 2.45) is 5.41 Å². The molecular formula is C22H31Cl3O4. The van der Waals surface area contributed by atoms with Crippen LogP contribution in [0.1, 0.15) is 78.6 Å².